The highest BCUT2D eigenvalue weighted by Gasteiger charge is 2.17. The zero-order valence-corrected chi connectivity index (χ0v) is 11.3. The quantitative estimate of drug-likeness (QED) is 0.814. The predicted molar refractivity (Wildman–Crippen MR) is 71.3 cm³/mol. The normalized spacial score (nSPS) is 13.5. The lowest BCUT2D eigenvalue weighted by Crippen LogP contribution is -2.30. The van der Waals surface area contributed by atoms with Crippen LogP contribution in [0.4, 0.5) is 0 Å². The van der Waals surface area contributed by atoms with Crippen LogP contribution in [0.1, 0.15) is 44.7 Å². The van der Waals surface area contributed by atoms with E-state index in [2.05, 4.69) is 4.72 Å². The van der Waals surface area contributed by atoms with Crippen molar-refractivity contribution in [3.05, 3.63) is 35.9 Å². The van der Waals surface area contributed by atoms with Crippen LogP contribution in [0, 0.1) is 0 Å². The lowest BCUT2D eigenvalue weighted by atomic mass is 10.1. The van der Waals surface area contributed by atoms with Crippen LogP contribution in [0.3, 0.4) is 0 Å². The van der Waals surface area contributed by atoms with E-state index in [1.54, 1.807) is 0 Å². The Morgan fingerprint density at radius 1 is 1.18 bits per heavy atom. The van der Waals surface area contributed by atoms with Crippen LogP contribution in [0.15, 0.2) is 30.3 Å². The second-order valence-corrected chi connectivity index (χ2v) is 6.04. The molecule has 1 aromatic rings. The fraction of sp³-hybridized carbons (Fsp3) is 0.538. The summed E-state index contributed by atoms with van der Waals surface area (Å²) in [6, 6.07) is 9.59. The van der Waals surface area contributed by atoms with Gasteiger partial charge in [-0.3, -0.25) is 0 Å². The Morgan fingerprint density at radius 3 is 2.35 bits per heavy atom. The van der Waals surface area contributed by atoms with Crippen molar-refractivity contribution < 1.29 is 8.42 Å². The summed E-state index contributed by atoms with van der Waals surface area (Å²) >= 11 is 0. The lowest BCUT2D eigenvalue weighted by molar-refractivity contribution is 0.547. The molecule has 1 atom stereocenters. The molecule has 1 N–H and O–H groups in total. The largest absolute Gasteiger partial charge is 0.212 e. The van der Waals surface area contributed by atoms with E-state index in [-0.39, 0.29) is 11.8 Å². The Labute approximate surface area is 104 Å². The van der Waals surface area contributed by atoms with E-state index in [0.29, 0.717) is 6.42 Å². The predicted octanol–water partition coefficient (Wildman–Crippen LogP) is 2.86. The number of sulfonamides is 1. The molecule has 0 radical (unpaired) electrons. The number of nitrogens with one attached hydrogen (secondary N) is 1. The molecule has 0 heterocycles. The third kappa shape index (κ3) is 4.88. The molecule has 3 nitrogen and oxygen atoms in total. The van der Waals surface area contributed by atoms with Gasteiger partial charge in [-0.25, -0.2) is 13.1 Å². The number of rotatable bonds is 7. The van der Waals surface area contributed by atoms with Gasteiger partial charge >= 0.3 is 0 Å². The molecule has 96 valence electrons. The van der Waals surface area contributed by atoms with Crippen molar-refractivity contribution >= 4 is 10.0 Å². The highest BCUT2D eigenvalue weighted by molar-refractivity contribution is 7.89. The van der Waals surface area contributed by atoms with Crippen LogP contribution in [0.5, 0.6) is 0 Å². The maximum atomic E-state index is 11.8. The zero-order valence-electron chi connectivity index (χ0n) is 10.5. The molecule has 0 saturated heterocycles. The smallest absolute Gasteiger partial charge is 0.212 e. The molecule has 0 bridgehead atoms. The van der Waals surface area contributed by atoms with E-state index in [4.69, 9.17) is 0 Å². The van der Waals surface area contributed by atoms with E-state index < -0.39 is 10.0 Å². The summed E-state index contributed by atoms with van der Waals surface area (Å²) in [6.07, 6.45) is 2.36. The summed E-state index contributed by atoms with van der Waals surface area (Å²) < 4.78 is 26.4. The summed E-state index contributed by atoms with van der Waals surface area (Å²) in [4.78, 5) is 0. The molecule has 4 heteroatoms. The molecule has 1 rings (SSSR count). The molecule has 0 amide bonds. The highest BCUT2D eigenvalue weighted by Crippen LogP contribution is 2.17. The second kappa shape index (κ2) is 6.77. The van der Waals surface area contributed by atoms with Gasteiger partial charge in [0.25, 0.3) is 0 Å². The third-order valence-electron chi connectivity index (χ3n) is 2.70. The molecule has 0 aliphatic carbocycles. The van der Waals surface area contributed by atoms with Crippen LogP contribution >= 0.6 is 0 Å². The van der Waals surface area contributed by atoms with Gasteiger partial charge in [0.15, 0.2) is 0 Å². The van der Waals surface area contributed by atoms with Gasteiger partial charge in [0, 0.05) is 6.04 Å². The average molecular weight is 255 g/mol. The molecule has 1 aromatic carbocycles. The van der Waals surface area contributed by atoms with E-state index in [9.17, 15) is 8.42 Å². The third-order valence-corrected chi connectivity index (χ3v) is 4.17. The van der Waals surface area contributed by atoms with Crippen LogP contribution in [-0.2, 0) is 10.0 Å². The number of benzene rings is 1. The van der Waals surface area contributed by atoms with E-state index >= 15 is 0 Å². The van der Waals surface area contributed by atoms with Crippen LogP contribution in [0.2, 0.25) is 0 Å². The Hall–Kier alpha value is -0.870. The van der Waals surface area contributed by atoms with Gasteiger partial charge in [-0.2, -0.15) is 0 Å². The van der Waals surface area contributed by atoms with Crippen molar-refractivity contribution in [1.29, 1.82) is 0 Å². The van der Waals surface area contributed by atoms with Gasteiger partial charge in [-0.05, 0) is 18.4 Å². The molecule has 0 aliphatic rings. The first kappa shape index (κ1) is 14.2. The average Bonchev–Trinajstić information content (AvgIpc) is 2.35. The second-order valence-electron chi connectivity index (χ2n) is 4.16. The van der Waals surface area contributed by atoms with Crippen LogP contribution < -0.4 is 4.72 Å². The van der Waals surface area contributed by atoms with Crippen molar-refractivity contribution in [1.82, 2.24) is 4.72 Å². The first-order chi connectivity index (χ1) is 8.09. The molecule has 1 unspecified atom stereocenters. The van der Waals surface area contributed by atoms with E-state index in [1.165, 1.54) is 0 Å². The topological polar surface area (TPSA) is 46.2 Å². The molecule has 0 aromatic heterocycles. The standard InChI is InChI=1S/C13H21NO2S/c1-3-5-11-17(15,16)14-13(4-2)12-9-7-6-8-10-12/h6-10,13-14H,3-5,11H2,1-2H3. The van der Waals surface area contributed by atoms with Gasteiger partial charge < -0.3 is 0 Å². The highest BCUT2D eigenvalue weighted by atomic mass is 32.2. The fourth-order valence-electron chi connectivity index (χ4n) is 1.68. The van der Waals surface area contributed by atoms with Gasteiger partial charge in [-0.15, -0.1) is 0 Å². The molecular formula is C13H21NO2S. The zero-order chi connectivity index (χ0) is 12.7. The molecule has 0 saturated carbocycles. The summed E-state index contributed by atoms with van der Waals surface area (Å²) in [7, 11) is -3.15. The van der Waals surface area contributed by atoms with Gasteiger partial charge in [0.1, 0.15) is 0 Å². The minimum atomic E-state index is -3.15. The van der Waals surface area contributed by atoms with Crippen molar-refractivity contribution in [3.63, 3.8) is 0 Å². The monoisotopic (exact) mass is 255 g/mol. The van der Waals surface area contributed by atoms with Gasteiger partial charge in [0.05, 0.1) is 5.75 Å². The Kier molecular flexibility index (Phi) is 5.65. The maximum Gasteiger partial charge on any atom is 0.212 e. The number of unbranched alkanes of at least 4 members (excludes halogenated alkanes) is 1. The van der Waals surface area contributed by atoms with Crippen LogP contribution in [0.25, 0.3) is 0 Å². The Morgan fingerprint density at radius 2 is 1.82 bits per heavy atom. The summed E-state index contributed by atoms with van der Waals surface area (Å²) in [5.74, 6) is 0.215. The number of hydrogen-bond acceptors (Lipinski definition) is 2. The Balaban J connectivity index is 2.71. The van der Waals surface area contributed by atoms with Crippen molar-refractivity contribution in [3.8, 4) is 0 Å². The van der Waals surface area contributed by atoms with Crippen molar-refractivity contribution in [2.24, 2.45) is 0 Å². The summed E-state index contributed by atoms with van der Waals surface area (Å²) in [5.41, 5.74) is 1.02. The first-order valence-corrected chi connectivity index (χ1v) is 7.79. The van der Waals surface area contributed by atoms with E-state index in [1.807, 2.05) is 44.2 Å². The van der Waals surface area contributed by atoms with Crippen molar-refractivity contribution in [2.75, 3.05) is 5.75 Å². The minimum absolute atomic E-state index is 0.113. The van der Waals surface area contributed by atoms with Crippen molar-refractivity contribution in [2.45, 2.75) is 39.2 Å². The summed E-state index contributed by atoms with van der Waals surface area (Å²) in [6.45, 7) is 3.98. The van der Waals surface area contributed by atoms with Gasteiger partial charge in [-0.1, -0.05) is 50.6 Å². The van der Waals surface area contributed by atoms with Gasteiger partial charge in [0.2, 0.25) is 10.0 Å². The summed E-state index contributed by atoms with van der Waals surface area (Å²) in [5, 5.41) is 0. The molecule has 17 heavy (non-hydrogen) atoms. The molecule has 0 fully saturated rings. The molecular weight excluding hydrogens is 234 g/mol. The first-order valence-electron chi connectivity index (χ1n) is 6.14. The SMILES string of the molecule is CCCCS(=O)(=O)NC(CC)c1ccccc1. The fourth-order valence-corrected chi connectivity index (χ4v) is 3.21. The van der Waals surface area contributed by atoms with Crippen LogP contribution in [-0.4, -0.2) is 14.2 Å². The molecule has 0 aliphatic heterocycles. The Bertz CT molecular complexity index is 414. The molecule has 0 spiro atoms. The number of hydrogen-bond donors (Lipinski definition) is 1. The van der Waals surface area contributed by atoms with E-state index in [0.717, 1.165) is 18.4 Å². The maximum absolute atomic E-state index is 11.8. The lowest BCUT2D eigenvalue weighted by Gasteiger charge is -2.17. The minimum Gasteiger partial charge on any atom is -0.212 e.